The summed E-state index contributed by atoms with van der Waals surface area (Å²) in [6.45, 7) is 0.689. The van der Waals surface area contributed by atoms with Gasteiger partial charge in [0.1, 0.15) is 5.75 Å². The van der Waals surface area contributed by atoms with Crippen LogP contribution in [0.2, 0.25) is 0 Å². The summed E-state index contributed by atoms with van der Waals surface area (Å²) >= 11 is 3.87. The molecule has 3 N–H and O–H groups in total. The number of amides is 1. The van der Waals surface area contributed by atoms with Crippen LogP contribution in [0, 0.1) is 0 Å². The Labute approximate surface area is 121 Å². The Bertz CT molecular complexity index is 448. The molecule has 0 radical (unpaired) electrons. The highest BCUT2D eigenvalue weighted by atomic mass is 32.2. The van der Waals surface area contributed by atoms with Gasteiger partial charge in [-0.15, -0.1) is 0 Å². The van der Waals surface area contributed by atoms with Gasteiger partial charge in [-0.05, 0) is 18.2 Å². The van der Waals surface area contributed by atoms with Crippen LogP contribution in [0.3, 0.4) is 0 Å². The van der Waals surface area contributed by atoms with Crippen molar-refractivity contribution in [1.82, 2.24) is 5.32 Å². The van der Waals surface area contributed by atoms with Crippen molar-refractivity contribution < 1.29 is 9.53 Å². The van der Waals surface area contributed by atoms with Crippen molar-refractivity contribution >= 4 is 35.1 Å². The highest BCUT2D eigenvalue weighted by Gasteiger charge is 2.17. The molecule has 0 aliphatic carbocycles. The lowest BCUT2D eigenvalue weighted by atomic mass is 10.1. The molecule has 104 valence electrons. The van der Waals surface area contributed by atoms with E-state index in [1.807, 2.05) is 23.5 Å². The third-order valence-electron chi connectivity index (χ3n) is 2.84. The molecular weight excluding hydrogens is 280 g/mol. The summed E-state index contributed by atoms with van der Waals surface area (Å²) in [5.41, 5.74) is 6.78. The molecule has 2 rings (SSSR count). The second-order valence-corrected chi connectivity index (χ2v) is 6.80. The predicted molar refractivity (Wildman–Crippen MR) is 83.3 cm³/mol. The van der Waals surface area contributed by atoms with E-state index in [4.69, 9.17) is 10.5 Å². The van der Waals surface area contributed by atoms with Crippen LogP contribution in [-0.4, -0.2) is 42.1 Å². The number of nitrogen functional groups attached to an aromatic ring is 1. The van der Waals surface area contributed by atoms with E-state index in [2.05, 4.69) is 5.32 Å². The van der Waals surface area contributed by atoms with E-state index in [-0.39, 0.29) is 5.91 Å². The van der Waals surface area contributed by atoms with Gasteiger partial charge in [-0.1, -0.05) is 0 Å². The first-order valence-corrected chi connectivity index (χ1v) is 8.32. The number of thioether (sulfide) groups is 2. The average molecular weight is 298 g/mol. The van der Waals surface area contributed by atoms with E-state index in [9.17, 15) is 4.79 Å². The second-order valence-electron chi connectivity index (χ2n) is 4.24. The smallest absolute Gasteiger partial charge is 0.255 e. The molecule has 1 aliphatic heterocycles. The van der Waals surface area contributed by atoms with Gasteiger partial charge in [-0.3, -0.25) is 4.79 Å². The number of carbonyl (C=O) groups excluding carboxylic acids is 1. The zero-order chi connectivity index (χ0) is 13.7. The summed E-state index contributed by atoms with van der Waals surface area (Å²) in [7, 11) is 1.55. The lowest BCUT2D eigenvalue weighted by Crippen LogP contribution is -2.33. The molecule has 1 aliphatic rings. The van der Waals surface area contributed by atoms with Crippen molar-refractivity contribution in [1.29, 1.82) is 0 Å². The van der Waals surface area contributed by atoms with Crippen LogP contribution in [0.5, 0.6) is 5.75 Å². The zero-order valence-corrected chi connectivity index (χ0v) is 12.5. The van der Waals surface area contributed by atoms with E-state index in [0.29, 0.717) is 28.8 Å². The number of hydrogen-bond acceptors (Lipinski definition) is 5. The molecule has 1 unspecified atom stereocenters. The highest BCUT2D eigenvalue weighted by molar-refractivity contribution is 8.06. The van der Waals surface area contributed by atoms with E-state index < -0.39 is 0 Å². The van der Waals surface area contributed by atoms with Gasteiger partial charge in [0.2, 0.25) is 0 Å². The molecule has 1 fully saturated rings. The van der Waals surface area contributed by atoms with Gasteiger partial charge >= 0.3 is 0 Å². The first-order chi connectivity index (χ1) is 9.20. The molecule has 1 atom stereocenters. The summed E-state index contributed by atoms with van der Waals surface area (Å²) in [6, 6.07) is 5.09. The number of methoxy groups -OCH3 is 1. The third-order valence-corrected chi connectivity index (χ3v) is 5.69. The molecule has 1 aromatic rings. The fourth-order valence-electron chi connectivity index (χ4n) is 1.86. The largest absolute Gasteiger partial charge is 0.496 e. The molecule has 0 saturated carbocycles. The molecule has 1 heterocycles. The number of benzene rings is 1. The SMILES string of the molecule is COc1ccc(N)cc1C(=O)NCC1CSCCS1. The minimum absolute atomic E-state index is 0.125. The number of ether oxygens (including phenoxy) is 1. The fraction of sp³-hybridized carbons (Fsp3) is 0.462. The first kappa shape index (κ1) is 14.4. The molecule has 6 heteroatoms. The number of rotatable bonds is 4. The van der Waals surface area contributed by atoms with E-state index in [1.54, 1.807) is 25.3 Å². The molecular formula is C13H18N2O2S2. The van der Waals surface area contributed by atoms with Crippen LogP contribution < -0.4 is 15.8 Å². The van der Waals surface area contributed by atoms with Crippen LogP contribution in [0.15, 0.2) is 18.2 Å². The van der Waals surface area contributed by atoms with Crippen molar-refractivity contribution in [3.05, 3.63) is 23.8 Å². The van der Waals surface area contributed by atoms with Gasteiger partial charge in [-0.2, -0.15) is 23.5 Å². The van der Waals surface area contributed by atoms with E-state index in [0.717, 1.165) is 11.5 Å². The molecule has 1 aromatic carbocycles. The van der Waals surface area contributed by atoms with Crippen molar-refractivity contribution in [2.45, 2.75) is 5.25 Å². The standard InChI is InChI=1S/C13H18N2O2S2/c1-17-12-3-2-9(14)6-11(12)13(16)15-7-10-8-18-4-5-19-10/h2-3,6,10H,4-5,7-8,14H2,1H3,(H,15,16). The van der Waals surface area contributed by atoms with Gasteiger partial charge in [-0.25, -0.2) is 0 Å². The van der Waals surface area contributed by atoms with Crippen LogP contribution in [0.25, 0.3) is 0 Å². The Morgan fingerprint density at radius 2 is 2.37 bits per heavy atom. The molecule has 1 saturated heterocycles. The summed E-state index contributed by atoms with van der Waals surface area (Å²) < 4.78 is 5.19. The monoisotopic (exact) mass is 298 g/mol. The summed E-state index contributed by atoms with van der Waals surface area (Å²) in [5.74, 6) is 3.89. The number of hydrogen-bond donors (Lipinski definition) is 2. The minimum Gasteiger partial charge on any atom is -0.496 e. The van der Waals surface area contributed by atoms with Crippen LogP contribution in [0.4, 0.5) is 5.69 Å². The quantitative estimate of drug-likeness (QED) is 0.831. The van der Waals surface area contributed by atoms with Crippen LogP contribution in [-0.2, 0) is 0 Å². The fourth-order valence-corrected chi connectivity index (χ4v) is 4.47. The Kier molecular flexibility index (Phi) is 5.27. The van der Waals surface area contributed by atoms with Crippen molar-refractivity contribution in [3.8, 4) is 5.75 Å². The Morgan fingerprint density at radius 1 is 1.53 bits per heavy atom. The number of nitrogens with one attached hydrogen (secondary N) is 1. The summed E-state index contributed by atoms with van der Waals surface area (Å²) in [6.07, 6.45) is 0. The van der Waals surface area contributed by atoms with Gasteiger partial charge in [0, 0.05) is 34.7 Å². The second kappa shape index (κ2) is 6.96. The van der Waals surface area contributed by atoms with Crippen LogP contribution in [0.1, 0.15) is 10.4 Å². The normalized spacial score (nSPS) is 18.9. The maximum absolute atomic E-state index is 12.2. The van der Waals surface area contributed by atoms with Gasteiger partial charge in [0.25, 0.3) is 5.91 Å². The van der Waals surface area contributed by atoms with E-state index >= 15 is 0 Å². The lowest BCUT2D eigenvalue weighted by Gasteiger charge is -2.21. The number of nitrogens with two attached hydrogens (primary N) is 1. The summed E-state index contributed by atoms with van der Waals surface area (Å²) in [5, 5.41) is 3.46. The molecule has 4 nitrogen and oxygen atoms in total. The minimum atomic E-state index is -0.125. The molecule has 0 aromatic heterocycles. The Morgan fingerprint density at radius 3 is 3.05 bits per heavy atom. The van der Waals surface area contributed by atoms with Crippen molar-refractivity contribution in [2.75, 3.05) is 36.6 Å². The molecule has 1 amide bonds. The summed E-state index contributed by atoms with van der Waals surface area (Å²) in [4.78, 5) is 12.2. The maximum Gasteiger partial charge on any atom is 0.255 e. The van der Waals surface area contributed by atoms with Gasteiger partial charge in [0.05, 0.1) is 12.7 Å². The van der Waals surface area contributed by atoms with Gasteiger partial charge < -0.3 is 15.8 Å². The third kappa shape index (κ3) is 3.98. The predicted octanol–water partition coefficient (Wildman–Crippen LogP) is 1.86. The number of carbonyl (C=O) groups is 1. The highest BCUT2D eigenvalue weighted by Crippen LogP contribution is 2.24. The van der Waals surface area contributed by atoms with E-state index in [1.165, 1.54) is 5.75 Å². The Balaban J connectivity index is 1.97. The molecule has 19 heavy (non-hydrogen) atoms. The zero-order valence-electron chi connectivity index (χ0n) is 10.8. The van der Waals surface area contributed by atoms with Gasteiger partial charge in [0.15, 0.2) is 0 Å². The maximum atomic E-state index is 12.2. The van der Waals surface area contributed by atoms with Crippen molar-refractivity contribution in [2.24, 2.45) is 0 Å². The average Bonchev–Trinajstić information content (AvgIpc) is 2.46. The topological polar surface area (TPSA) is 64.3 Å². The lowest BCUT2D eigenvalue weighted by molar-refractivity contribution is 0.0951. The molecule has 0 spiro atoms. The van der Waals surface area contributed by atoms with Crippen molar-refractivity contribution in [3.63, 3.8) is 0 Å². The first-order valence-electron chi connectivity index (χ1n) is 6.11. The molecule has 0 bridgehead atoms. The number of anilines is 1. The Hall–Kier alpha value is -1.01. The van der Waals surface area contributed by atoms with Crippen LogP contribution >= 0.6 is 23.5 Å².